The fourth-order valence-corrected chi connectivity index (χ4v) is 4.30. The van der Waals surface area contributed by atoms with Crippen molar-refractivity contribution in [3.8, 4) is 0 Å². The number of fused-ring (bicyclic) bond motifs is 2. The minimum Gasteiger partial charge on any atom is -0.260 e. The van der Waals surface area contributed by atoms with Gasteiger partial charge in [0.05, 0.1) is 5.69 Å². The second-order valence-corrected chi connectivity index (χ2v) is 6.65. The van der Waals surface area contributed by atoms with E-state index in [0.29, 0.717) is 5.92 Å². The van der Waals surface area contributed by atoms with Crippen LogP contribution in [0.5, 0.6) is 0 Å². The summed E-state index contributed by atoms with van der Waals surface area (Å²) in [4.78, 5) is 4.67. The van der Waals surface area contributed by atoms with Crippen LogP contribution in [0.3, 0.4) is 0 Å². The highest BCUT2D eigenvalue weighted by Crippen LogP contribution is 2.50. The Balaban J connectivity index is 1.71. The van der Waals surface area contributed by atoms with Gasteiger partial charge in [0.15, 0.2) is 0 Å². The Morgan fingerprint density at radius 1 is 1.05 bits per heavy atom. The highest BCUT2D eigenvalue weighted by molar-refractivity contribution is 6.31. The van der Waals surface area contributed by atoms with E-state index in [1.54, 1.807) is 0 Å². The van der Waals surface area contributed by atoms with Crippen LogP contribution in [0.25, 0.3) is 0 Å². The number of halogens is 1. The maximum Gasteiger partial charge on any atom is 0.0667 e. The van der Waals surface area contributed by atoms with Crippen molar-refractivity contribution in [2.75, 3.05) is 0 Å². The average Bonchev–Trinajstić information content (AvgIpc) is 2.87. The summed E-state index contributed by atoms with van der Waals surface area (Å²) in [6.45, 7) is 0. The summed E-state index contributed by atoms with van der Waals surface area (Å²) >= 11 is 6.42. The monoisotopic (exact) mass is 295 g/mol. The molecule has 0 radical (unpaired) electrons. The predicted molar refractivity (Wildman–Crippen MR) is 88.9 cm³/mol. The van der Waals surface area contributed by atoms with Gasteiger partial charge in [0.2, 0.25) is 0 Å². The lowest BCUT2D eigenvalue weighted by Gasteiger charge is -2.37. The summed E-state index contributed by atoms with van der Waals surface area (Å²) in [5, 5.41) is 0.905. The van der Waals surface area contributed by atoms with E-state index in [0.717, 1.165) is 17.1 Å². The molecule has 2 heteroatoms. The van der Waals surface area contributed by atoms with E-state index in [2.05, 4.69) is 47.6 Å². The van der Waals surface area contributed by atoms with E-state index in [-0.39, 0.29) is 5.41 Å². The molecule has 1 spiro atoms. The minimum atomic E-state index is 0.124. The van der Waals surface area contributed by atoms with Gasteiger partial charge in [-0.1, -0.05) is 54.4 Å². The molecule has 0 aromatic heterocycles. The summed E-state index contributed by atoms with van der Waals surface area (Å²) in [5.41, 5.74) is 3.98. The SMILES string of the molecule is Clc1ccccc1C1CCCC2(C=Nc3ccccc32)C1. The van der Waals surface area contributed by atoms with Crippen molar-refractivity contribution in [2.24, 2.45) is 4.99 Å². The zero-order chi connectivity index (χ0) is 14.3. The van der Waals surface area contributed by atoms with E-state index in [4.69, 9.17) is 11.6 Å². The number of hydrogen-bond acceptors (Lipinski definition) is 1. The van der Waals surface area contributed by atoms with Gasteiger partial charge >= 0.3 is 0 Å². The molecule has 1 saturated carbocycles. The second kappa shape index (κ2) is 4.99. The molecule has 0 amide bonds. The molecule has 1 nitrogen and oxygen atoms in total. The third kappa shape index (κ3) is 2.11. The summed E-state index contributed by atoms with van der Waals surface area (Å²) in [6, 6.07) is 16.9. The molecule has 2 aromatic carbocycles. The van der Waals surface area contributed by atoms with Crippen LogP contribution < -0.4 is 0 Å². The van der Waals surface area contributed by atoms with E-state index in [1.807, 2.05) is 12.1 Å². The molecule has 1 aliphatic heterocycles. The maximum atomic E-state index is 6.42. The van der Waals surface area contributed by atoms with Gasteiger partial charge in [-0.3, -0.25) is 4.99 Å². The maximum absolute atomic E-state index is 6.42. The summed E-state index contributed by atoms with van der Waals surface area (Å²) < 4.78 is 0. The normalized spacial score (nSPS) is 27.0. The van der Waals surface area contributed by atoms with Crippen molar-refractivity contribution >= 4 is 23.5 Å². The summed E-state index contributed by atoms with van der Waals surface area (Å²) in [6.07, 6.45) is 6.98. The Morgan fingerprint density at radius 3 is 2.76 bits per heavy atom. The van der Waals surface area contributed by atoms with Gasteiger partial charge in [-0.25, -0.2) is 0 Å². The average molecular weight is 296 g/mol. The van der Waals surface area contributed by atoms with Gasteiger partial charge in [0, 0.05) is 16.7 Å². The van der Waals surface area contributed by atoms with Crippen LogP contribution in [0.1, 0.15) is 42.7 Å². The topological polar surface area (TPSA) is 12.4 Å². The van der Waals surface area contributed by atoms with Crippen LogP contribution in [0.2, 0.25) is 5.02 Å². The van der Waals surface area contributed by atoms with Crippen LogP contribution in [0, 0.1) is 0 Å². The van der Waals surface area contributed by atoms with Crippen LogP contribution >= 0.6 is 11.6 Å². The molecule has 1 fully saturated rings. The lowest BCUT2D eigenvalue weighted by Crippen LogP contribution is -2.32. The zero-order valence-corrected chi connectivity index (χ0v) is 12.7. The van der Waals surface area contributed by atoms with Crippen LogP contribution in [0.15, 0.2) is 53.5 Å². The molecule has 21 heavy (non-hydrogen) atoms. The van der Waals surface area contributed by atoms with Crippen molar-refractivity contribution in [3.63, 3.8) is 0 Å². The predicted octanol–water partition coefficient (Wildman–Crippen LogP) is 5.65. The molecule has 106 valence electrons. The Hall–Kier alpha value is -1.60. The van der Waals surface area contributed by atoms with Gasteiger partial charge in [0.25, 0.3) is 0 Å². The van der Waals surface area contributed by atoms with E-state index in [9.17, 15) is 0 Å². The van der Waals surface area contributed by atoms with Gasteiger partial charge in [0.1, 0.15) is 0 Å². The number of nitrogens with zero attached hydrogens (tertiary/aromatic N) is 1. The van der Waals surface area contributed by atoms with Crippen LogP contribution in [-0.4, -0.2) is 6.21 Å². The highest BCUT2D eigenvalue weighted by Gasteiger charge is 2.41. The smallest absolute Gasteiger partial charge is 0.0667 e. The van der Waals surface area contributed by atoms with Crippen molar-refractivity contribution in [1.29, 1.82) is 0 Å². The molecule has 0 bridgehead atoms. The first-order valence-corrected chi connectivity index (χ1v) is 8.05. The first-order valence-electron chi connectivity index (χ1n) is 7.68. The number of para-hydroxylation sites is 1. The molecule has 2 atom stereocenters. The van der Waals surface area contributed by atoms with Crippen molar-refractivity contribution < 1.29 is 0 Å². The molecule has 0 saturated heterocycles. The Bertz CT molecular complexity index is 706. The zero-order valence-electron chi connectivity index (χ0n) is 11.9. The first kappa shape index (κ1) is 13.1. The van der Waals surface area contributed by atoms with E-state index >= 15 is 0 Å². The molecule has 4 rings (SSSR count). The summed E-state index contributed by atoms with van der Waals surface area (Å²) in [7, 11) is 0. The van der Waals surface area contributed by atoms with Crippen LogP contribution in [0.4, 0.5) is 5.69 Å². The third-order valence-corrected chi connectivity index (χ3v) is 5.37. The Morgan fingerprint density at radius 2 is 1.86 bits per heavy atom. The molecule has 2 aliphatic rings. The quantitative estimate of drug-likeness (QED) is 0.644. The molecule has 1 aliphatic carbocycles. The minimum absolute atomic E-state index is 0.124. The number of benzene rings is 2. The van der Waals surface area contributed by atoms with Crippen LogP contribution in [-0.2, 0) is 5.41 Å². The Labute approximate surface area is 130 Å². The lowest BCUT2D eigenvalue weighted by molar-refractivity contribution is 0.349. The van der Waals surface area contributed by atoms with E-state index < -0.39 is 0 Å². The van der Waals surface area contributed by atoms with Crippen molar-refractivity contribution in [1.82, 2.24) is 0 Å². The largest absolute Gasteiger partial charge is 0.260 e. The number of aliphatic imine (C=N–C) groups is 1. The van der Waals surface area contributed by atoms with Crippen molar-refractivity contribution in [2.45, 2.75) is 37.0 Å². The standard InChI is InChI=1S/C19H18ClN/c20-17-9-3-1-7-15(17)14-6-5-11-19(12-14)13-21-18-10-4-2-8-16(18)19/h1-4,7-10,13-14H,5-6,11-12H2. The summed E-state index contributed by atoms with van der Waals surface area (Å²) in [5.74, 6) is 0.532. The molecule has 0 N–H and O–H groups in total. The Kier molecular flexibility index (Phi) is 3.11. The first-order chi connectivity index (χ1) is 10.3. The fraction of sp³-hybridized carbons (Fsp3) is 0.316. The van der Waals surface area contributed by atoms with E-state index in [1.165, 1.54) is 30.4 Å². The molecule has 2 aromatic rings. The van der Waals surface area contributed by atoms with Crippen molar-refractivity contribution in [3.05, 3.63) is 64.7 Å². The van der Waals surface area contributed by atoms with Gasteiger partial charge in [-0.15, -0.1) is 0 Å². The molecular formula is C19H18ClN. The molecule has 2 unspecified atom stereocenters. The number of hydrogen-bond donors (Lipinski definition) is 0. The molecule has 1 heterocycles. The van der Waals surface area contributed by atoms with Gasteiger partial charge in [-0.05, 0) is 48.4 Å². The van der Waals surface area contributed by atoms with Gasteiger partial charge in [-0.2, -0.15) is 0 Å². The number of rotatable bonds is 1. The third-order valence-electron chi connectivity index (χ3n) is 5.02. The lowest BCUT2D eigenvalue weighted by atomic mass is 9.65. The van der Waals surface area contributed by atoms with Gasteiger partial charge < -0.3 is 0 Å². The highest BCUT2D eigenvalue weighted by atomic mass is 35.5. The molecular weight excluding hydrogens is 278 g/mol. The fourth-order valence-electron chi connectivity index (χ4n) is 4.01. The second-order valence-electron chi connectivity index (χ2n) is 6.25.